The third-order valence-corrected chi connectivity index (χ3v) is 8.70. The van der Waals surface area contributed by atoms with E-state index in [2.05, 4.69) is 0 Å². The van der Waals surface area contributed by atoms with Crippen molar-refractivity contribution in [2.75, 3.05) is 6.61 Å². The van der Waals surface area contributed by atoms with E-state index in [4.69, 9.17) is 28.1 Å². The highest BCUT2D eigenvalue weighted by molar-refractivity contribution is 5.87. The number of fused-ring (bicyclic) bond motifs is 1. The molecule has 2 aromatic rings. The smallest absolute Gasteiger partial charge is 0.331 e. The van der Waals surface area contributed by atoms with Crippen molar-refractivity contribution in [2.24, 2.45) is 0 Å². The van der Waals surface area contributed by atoms with E-state index in [1.807, 2.05) is 0 Å². The molecule has 17 nitrogen and oxygen atoms in total. The third-order valence-electron chi connectivity index (χ3n) is 8.70. The Kier molecular flexibility index (Phi) is 10.9. The average molecular weight is 740 g/mol. The predicted octanol–water partition coefficient (Wildman–Crippen LogP) is -0.103. The average Bonchev–Trinajstić information content (AvgIpc) is 3.12. The number of hydrogen-bond donors (Lipinski definition) is 8. The Labute approximate surface area is 299 Å². The Hall–Kier alpha value is -5.24. The highest BCUT2D eigenvalue weighted by atomic mass is 16.7. The Morgan fingerprint density at radius 3 is 2.26 bits per heavy atom. The molecule has 10 atom stereocenters. The fourth-order valence-corrected chi connectivity index (χ4v) is 5.82. The van der Waals surface area contributed by atoms with E-state index in [9.17, 15) is 55.5 Å². The quantitative estimate of drug-likeness (QED) is 0.0822. The Balaban J connectivity index is 1.15. The number of benzene rings is 3. The van der Waals surface area contributed by atoms with Crippen molar-refractivity contribution < 1.29 is 78.9 Å². The van der Waals surface area contributed by atoms with Gasteiger partial charge in [-0.3, -0.25) is 4.79 Å². The molecular formula is C36H35O17-. The zero-order valence-electron chi connectivity index (χ0n) is 27.7. The highest BCUT2D eigenvalue weighted by Gasteiger charge is 2.48. The number of carbonyl (C=O) groups excluding carboxylic acids is 1. The summed E-state index contributed by atoms with van der Waals surface area (Å²) in [5.74, 6) is -3.18. The van der Waals surface area contributed by atoms with E-state index in [0.717, 1.165) is 30.3 Å². The summed E-state index contributed by atoms with van der Waals surface area (Å²) in [5.41, 5.74) is 0.0634. The van der Waals surface area contributed by atoms with Gasteiger partial charge < -0.3 is 74.1 Å². The second-order valence-corrected chi connectivity index (χ2v) is 12.5. The maximum Gasteiger partial charge on any atom is 0.331 e. The molecule has 0 unspecified atom stereocenters. The molecule has 282 valence electrons. The summed E-state index contributed by atoms with van der Waals surface area (Å²) in [6.07, 6.45) is -13.6. The van der Waals surface area contributed by atoms with E-state index in [-0.39, 0.29) is 34.1 Å². The van der Waals surface area contributed by atoms with Gasteiger partial charge in [-0.05, 0) is 42.8 Å². The van der Waals surface area contributed by atoms with Crippen LogP contribution in [0.15, 0.2) is 76.0 Å². The van der Waals surface area contributed by atoms with Crippen molar-refractivity contribution in [3.05, 3.63) is 82.5 Å². The first-order valence-electron chi connectivity index (χ1n) is 16.2. The predicted molar refractivity (Wildman–Crippen MR) is 176 cm³/mol. The van der Waals surface area contributed by atoms with Gasteiger partial charge in [0, 0.05) is 23.8 Å². The second-order valence-electron chi connectivity index (χ2n) is 12.5. The zero-order chi connectivity index (χ0) is 38.1. The molecule has 6 rings (SSSR count). The molecule has 17 heteroatoms. The number of aliphatic hydroxyl groups excluding tert-OH is 5. The number of rotatable bonds is 9. The summed E-state index contributed by atoms with van der Waals surface area (Å²) in [6.45, 7) is 0.849. The van der Waals surface area contributed by atoms with E-state index in [0.29, 0.717) is 5.56 Å². The standard InChI is InChI=1S/C36H36O17/c1-15-33(53-27(42)9-4-16-2-6-18(37)7-3-16)30(45)32(47)35(49-15)48-14-26-28(43)29(44)31(46)36(52-26)51-25-13-20-22(40)11-19(38)12-24(20)50-34(25)17-5-8-21(39)23(41)10-17/h2-13,15,26,28-33,35-37,39-41,43-47H,14H2,1H3/p-1/b9-4+/t15-,26+,28+,29-,30-,31+,32+,33-,35+,36+/m0/s1. The number of aliphatic hydroxyl groups is 5. The first-order chi connectivity index (χ1) is 25.2. The lowest BCUT2D eigenvalue weighted by atomic mass is 9.98. The topological polar surface area (TPSA) is 278 Å². The van der Waals surface area contributed by atoms with Crippen LogP contribution < -0.4 is 15.3 Å². The maximum absolute atomic E-state index is 12.5. The Bertz CT molecular complexity index is 1980. The minimum absolute atomic E-state index is 0.00718. The van der Waals surface area contributed by atoms with Crippen LogP contribution in [0.25, 0.3) is 28.7 Å². The minimum atomic E-state index is -1.89. The van der Waals surface area contributed by atoms with E-state index in [1.165, 1.54) is 37.3 Å². The van der Waals surface area contributed by atoms with Gasteiger partial charge in [-0.15, -0.1) is 0 Å². The van der Waals surface area contributed by atoms with Crippen LogP contribution in [-0.2, 0) is 23.7 Å². The molecule has 1 aliphatic carbocycles. The Morgan fingerprint density at radius 2 is 1.55 bits per heavy atom. The SMILES string of the molecule is C[C@@H]1O[C@@H](OC[C@H]2O[C@@H](Oc3cc4c(O)cc(=O)cc-4oc3-c3ccc([O-])c(O)c3)[C@H](O)[C@@H](O)[C@@H]2O)[C@H](O)[C@H](O)[C@H]1OC(=O)/C=C/c1ccc(O)cc1. The van der Waals surface area contributed by atoms with Crippen molar-refractivity contribution >= 4 is 12.0 Å². The van der Waals surface area contributed by atoms with Crippen LogP contribution in [0.4, 0.5) is 0 Å². The number of phenols is 3. The van der Waals surface area contributed by atoms with Crippen LogP contribution in [0.2, 0.25) is 0 Å². The third kappa shape index (κ3) is 8.07. The molecule has 3 aliphatic heterocycles. The lowest BCUT2D eigenvalue weighted by Gasteiger charge is -2.43. The lowest BCUT2D eigenvalue weighted by Crippen LogP contribution is -2.62. The van der Waals surface area contributed by atoms with Crippen molar-refractivity contribution in [2.45, 2.75) is 68.3 Å². The van der Waals surface area contributed by atoms with Gasteiger partial charge in [-0.25, -0.2) is 4.79 Å². The molecule has 3 heterocycles. The van der Waals surface area contributed by atoms with Crippen molar-refractivity contribution in [3.63, 3.8) is 0 Å². The van der Waals surface area contributed by atoms with Crippen LogP contribution in [0.1, 0.15) is 12.5 Å². The van der Waals surface area contributed by atoms with Crippen molar-refractivity contribution in [1.29, 1.82) is 0 Å². The number of aromatic hydroxyl groups is 3. The van der Waals surface area contributed by atoms with Gasteiger partial charge in [0.1, 0.15) is 59.6 Å². The highest BCUT2D eigenvalue weighted by Crippen LogP contribution is 2.43. The first-order valence-corrected chi connectivity index (χ1v) is 16.2. The first kappa shape index (κ1) is 37.5. The summed E-state index contributed by atoms with van der Waals surface area (Å²) in [7, 11) is 0. The monoisotopic (exact) mass is 739 g/mol. The molecule has 8 N–H and O–H groups in total. The van der Waals surface area contributed by atoms with Crippen LogP contribution in [-0.4, -0.2) is 115 Å². The van der Waals surface area contributed by atoms with Gasteiger partial charge in [-0.1, -0.05) is 30.0 Å². The van der Waals surface area contributed by atoms with Gasteiger partial charge in [0.15, 0.2) is 29.3 Å². The van der Waals surface area contributed by atoms with Crippen LogP contribution in [0, 0.1) is 0 Å². The number of phenolic OH excluding ortho intramolecular Hbond substituents is 3. The van der Waals surface area contributed by atoms with Gasteiger partial charge >= 0.3 is 5.97 Å². The molecule has 53 heavy (non-hydrogen) atoms. The van der Waals surface area contributed by atoms with Crippen LogP contribution in [0.3, 0.4) is 0 Å². The van der Waals surface area contributed by atoms with Gasteiger partial charge in [0.05, 0.1) is 18.3 Å². The summed E-state index contributed by atoms with van der Waals surface area (Å²) < 4.78 is 34.1. The van der Waals surface area contributed by atoms with E-state index >= 15 is 0 Å². The van der Waals surface area contributed by atoms with Gasteiger partial charge in [0.25, 0.3) is 0 Å². The van der Waals surface area contributed by atoms with Crippen LogP contribution >= 0.6 is 0 Å². The van der Waals surface area contributed by atoms with E-state index in [1.54, 1.807) is 12.1 Å². The molecule has 2 saturated heterocycles. The fraction of sp³-hybridized carbons (Fsp3) is 0.333. The number of esters is 1. The molecule has 0 bridgehead atoms. The van der Waals surface area contributed by atoms with Crippen LogP contribution in [0.5, 0.6) is 28.7 Å². The molecule has 0 radical (unpaired) electrons. The summed E-state index contributed by atoms with van der Waals surface area (Å²) >= 11 is 0. The van der Waals surface area contributed by atoms with E-state index < -0.39 is 96.7 Å². The van der Waals surface area contributed by atoms with Crippen molar-refractivity contribution in [1.82, 2.24) is 0 Å². The Morgan fingerprint density at radius 1 is 0.830 bits per heavy atom. The molecule has 0 amide bonds. The number of hydrogen-bond acceptors (Lipinski definition) is 17. The molecule has 0 aromatic heterocycles. The molecule has 0 spiro atoms. The maximum atomic E-state index is 12.5. The number of carbonyl (C=O) groups is 1. The molecule has 4 aliphatic rings. The molecule has 2 fully saturated rings. The minimum Gasteiger partial charge on any atom is -0.870 e. The van der Waals surface area contributed by atoms with Gasteiger partial charge in [0.2, 0.25) is 6.29 Å². The molecule has 2 aromatic carbocycles. The molecule has 0 saturated carbocycles. The lowest BCUT2D eigenvalue weighted by molar-refractivity contribution is -0.319. The van der Waals surface area contributed by atoms with Gasteiger partial charge in [-0.2, -0.15) is 0 Å². The second kappa shape index (κ2) is 15.4. The molecular weight excluding hydrogens is 704 g/mol. The zero-order valence-corrected chi connectivity index (χ0v) is 27.7. The normalized spacial score (nSPS) is 28.9. The summed E-state index contributed by atoms with van der Waals surface area (Å²) in [4.78, 5) is 24.5. The summed E-state index contributed by atoms with van der Waals surface area (Å²) in [5, 5.41) is 95.6. The number of ether oxygens (including phenoxy) is 5. The largest absolute Gasteiger partial charge is 0.870 e. The van der Waals surface area contributed by atoms with Crippen molar-refractivity contribution in [3.8, 4) is 51.4 Å². The summed E-state index contributed by atoms with van der Waals surface area (Å²) in [6, 6.07) is 12.6. The fourth-order valence-electron chi connectivity index (χ4n) is 5.82.